The molecule has 1 heterocycles. The summed E-state index contributed by atoms with van der Waals surface area (Å²) in [6.07, 6.45) is 1.95. The lowest BCUT2D eigenvalue weighted by Crippen LogP contribution is -2.53. The summed E-state index contributed by atoms with van der Waals surface area (Å²) in [4.78, 5) is 12.5. The molecule has 2 fully saturated rings. The highest BCUT2D eigenvalue weighted by Crippen LogP contribution is 2.50. The van der Waals surface area contributed by atoms with E-state index in [9.17, 15) is 14.3 Å². The third-order valence-electron chi connectivity index (χ3n) is 7.78. The van der Waals surface area contributed by atoms with Crippen LogP contribution in [0, 0.1) is 5.82 Å². The summed E-state index contributed by atoms with van der Waals surface area (Å²) in [5.74, 6) is -1.11. The number of benzene rings is 3. The smallest absolute Gasteiger partial charge is 0.314 e. The van der Waals surface area contributed by atoms with Crippen molar-refractivity contribution in [3.05, 3.63) is 107 Å². The lowest BCUT2D eigenvalue weighted by molar-refractivity contribution is -0.165. The molecule has 1 aliphatic carbocycles. The van der Waals surface area contributed by atoms with Crippen LogP contribution in [0.5, 0.6) is 0 Å². The molecule has 3 aromatic carbocycles. The predicted molar refractivity (Wildman–Crippen MR) is 127 cm³/mol. The molecular weight excluding hydrogens is 431 g/mol. The lowest BCUT2D eigenvalue weighted by atomic mass is 9.63. The molecule has 0 amide bonds. The first kappa shape index (κ1) is 22.8. The SMILES string of the molecule is O=C(O)[C@]1(c2ccccc2)CC[C@@](OCC2(c3ccccc3)COC2)(c2ccc(F)cc2)CC1. The van der Waals surface area contributed by atoms with Crippen LogP contribution >= 0.6 is 0 Å². The number of ether oxygens (including phenoxy) is 2. The zero-order valence-electron chi connectivity index (χ0n) is 19.1. The van der Waals surface area contributed by atoms with E-state index in [1.54, 1.807) is 12.1 Å². The molecule has 5 rings (SSSR count). The van der Waals surface area contributed by atoms with Gasteiger partial charge in [-0.2, -0.15) is 0 Å². The van der Waals surface area contributed by atoms with E-state index >= 15 is 0 Å². The van der Waals surface area contributed by atoms with Gasteiger partial charge in [0.1, 0.15) is 5.82 Å². The largest absolute Gasteiger partial charge is 0.481 e. The minimum absolute atomic E-state index is 0.227. The van der Waals surface area contributed by atoms with Crippen molar-refractivity contribution in [2.75, 3.05) is 19.8 Å². The number of rotatable bonds is 7. The van der Waals surface area contributed by atoms with Gasteiger partial charge in [-0.3, -0.25) is 4.79 Å². The first-order chi connectivity index (χ1) is 16.5. The van der Waals surface area contributed by atoms with Gasteiger partial charge in [0.05, 0.1) is 36.3 Å². The predicted octanol–water partition coefficient (Wildman–Crippen LogP) is 5.60. The van der Waals surface area contributed by atoms with Crippen molar-refractivity contribution in [1.29, 1.82) is 0 Å². The Morgan fingerprint density at radius 1 is 0.794 bits per heavy atom. The standard InChI is InChI=1S/C29H29FO4/c30-25-13-11-24(12-14-25)29(34-21-27(19-33-20-27)22-7-3-1-4-8-22)17-15-28(16-18-29,26(31)32)23-9-5-2-6-10-23/h1-14H,15-21H2,(H,31,32)/t28-,29+. The molecule has 0 spiro atoms. The molecule has 1 saturated heterocycles. The van der Waals surface area contributed by atoms with Crippen LogP contribution in [0.4, 0.5) is 4.39 Å². The van der Waals surface area contributed by atoms with Crippen LogP contribution in [0.3, 0.4) is 0 Å². The summed E-state index contributed by atoms with van der Waals surface area (Å²) in [6, 6.07) is 26.2. The molecule has 0 bridgehead atoms. The fraction of sp³-hybridized carbons (Fsp3) is 0.345. The van der Waals surface area contributed by atoms with Gasteiger partial charge in [-0.25, -0.2) is 4.39 Å². The Kier molecular flexibility index (Phi) is 6.00. The average Bonchev–Trinajstić information content (AvgIpc) is 2.85. The third kappa shape index (κ3) is 3.93. The number of aliphatic carboxylic acids is 1. The number of carboxylic acid groups (broad SMARTS) is 1. The van der Waals surface area contributed by atoms with Crippen LogP contribution in [-0.4, -0.2) is 30.9 Å². The van der Waals surface area contributed by atoms with E-state index in [4.69, 9.17) is 9.47 Å². The fourth-order valence-electron chi connectivity index (χ4n) is 5.48. The molecule has 1 aliphatic heterocycles. The van der Waals surface area contributed by atoms with Crippen LogP contribution in [-0.2, 0) is 30.7 Å². The summed E-state index contributed by atoms with van der Waals surface area (Å²) < 4.78 is 26.1. The third-order valence-corrected chi connectivity index (χ3v) is 7.78. The molecule has 0 radical (unpaired) electrons. The van der Waals surface area contributed by atoms with Crippen molar-refractivity contribution in [3.63, 3.8) is 0 Å². The summed E-state index contributed by atoms with van der Waals surface area (Å²) >= 11 is 0. The first-order valence-electron chi connectivity index (χ1n) is 11.8. The van der Waals surface area contributed by atoms with Gasteiger partial charge in [0.15, 0.2) is 0 Å². The van der Waals surface area contributed by atoms with Gasteiger partial charge < -0.3 is 14.6 Å². The minimum Gasteiger partial charge on any atom is -0.481 e. The highest BCUT2D eigenvalue weighted by atomic mass is 19.1. The van der Waals surface area contributed by atoms with E-state index < -0.39 is 17.0 Å². The number of carboxylic acids is 1. The van der Waals surface area contributed by atoms with Gasteiger partial charge in [0.2, 0.25) is 0 Å². The van der Waals surface area contributed by atoms with Crippen molar-refractivity contribution in [3.8, 4) is 0 Å². The molecule has 0 aromatic heterocycles. The van der Waals surface area contributed by atoms with Crippen LogP contribution in [0.25, 0.3) is 0 Å². The van der Waals surface area contributed by atoms with Gasteiger partial charge >= 0.3 is 5.97 Å². The van der Waals surface area contributed by atoms with Gasteiger partial charge in [0, 0.05) is 0 Å². The van der Waals surface area contributed by atoms with Gasteiger partial charge in [-0.05, 0) is 54.5 Å². The molecule has 3 aromatic rings. The molecule has 2 aliphatic rings. The number of carbonyl (C=O) groups is 1. The van der Waals surface area contributed by atoms with Crippen LogP contribution in [0.15, 0.2) is 84.9 Å². The second kappa shape index (κ2) is 8.97. The van der Waals surface area contributed by atoms with E-state index in [1.165, 1.54) is 17.7 Å². The van der Waals surface area contributed by atoms with E-state index in [1.807, 2.05) is 48.5 Å². The van der Waals surface area contributed by atoms with Crippen molar-refractivity contribution in [2.24, 2.45) is 0 Å². The number of hydrogen-bond donors (Lipinski definition) is 1. The average molecular weight is 461 g/mol. The van der Waals surface area contributed by atoms with Gasteiger partial charge in [-0.15, -0.1) is 0 Å². The molecule has 0 unspecified atom stereocenters. The Balaban J connectivity index is 1.45. The monoisotopic (exact) mass is 460 g/mol. The second-order valence-corrected chi connectivity index (χ2v) is 9.68. The molecule has 0 atom stereocenters. The van der Waals surface area contributed by atoms with Crippen molar-refractivity contribution < 1.29 is 23.8 Å². The number of hydrogen-bond acceptors (Lipinski definition) is 3. The van der Waals surface area contributed by atoms with E-state index in [0.29, 0.717) is 45.5 Å². The topological polar surface area (TPSA) is 55.8 Å². The molecule has 5 heteroatoms. The van der Waals surface area contributed by atoms with Gasteiger partial charge in [-0.1, -0.05) is 72.8 Å². The molecule has 1 saturated carbocycles. The summed E-state index contributed by atoms with van der Waals surface area (Å²) in [5.41, 5.74) is 1.03. The Morgan fingerprint density at radius 2 is 1.35 bits per heavy atom. The first-order valence-corrected chi connectivity index (χ1v) is 11.8. The Labute approximate surface area is 199 Å². The molecule has 1 N–H and O–H groups in total. The van der Waals surface area contributed by atoms with Crippen LogP contribution in [0.2, 0.25) is 0 Å². The van der Waals surface area contributed by atoms with Crippen LogP contribution in [0.1, 0.15) is 42.4 Å². The summed E-state index contributed by atoms with van der Waals surface area (Å²) in [7, 11) is 0. The van der Waals surface area contributed by atoms with Crippen molar-refractivity contribution >= 4 is 5.97 Å². The summed E-state index contributed by atoms with van der Waals surface area (Å²) in [6.45, 7) is 1.62. The van der Waals surface area contributed by atoms with E-state index in [0.717, 1.165) is 11.1 Å². The molecule has 34 heavy (non-hydrogen) atoms. The number of halogens is 1. The van der Waals surface area contributed by atoms with E-state index in [2.05, 4.69) is 12.1 Å². The minimum atomic E-state index is -0.954. The highest BCUT2D eigenvalue weighted by Gasteiger charge is 2.51. The van der Waals surface area contributed by atoms with E-state index in [-0.39, 0.29) is 11.2 Å². The van der Waals surface area contributed by atoms with Gasteiger partial charge in [0.25, 0.3) is 0 Å². The zero-order valence-corrected chi connectivity index (χ0v) is 19.1. The molecule has 176 valence electrons. The van der Waals surface area contributed by atoms with Crippen molar-refractivity contribution in [2.45, 2.75) is 42.1 Å². The van der Waals surface area contributed by atoms with Crippen molar-refractivity contribution in [1.82, 2.24) is 0 Å². The highest BCUT2D eigenvalue weighted by molar-refractivity contribution is 5.81. The quantitative estimate of drug-likeness (QED) is 0.499. The maximum atomic E-state index is 13.8. The zero-order chi connectivity index (χ0) is 23.7. The second-order valence-electron chi connectivity index (χ2n) is 9.68. The summed E-state index contributed by atoms with van der Waals surface area (Å²) in [5, 5.41) is 10.3. The lowest BCUT2D eigenvalue weighted by Gasteiger charge is -2.48. The van der Waals surface area contributed by atoms with Crippen LogP contribution < -0.4 is 0 Å². The molecule has 4 nitrogen and oxygen atoms in total. The maximum Gasteiger partial charge on any atom is 0.314 e. The fourth-order valence-corrected chi connectivity index (χ4v) is 5.48. The molecular formula is C29H29FO4. The Bertz CT molecular complexity index is 1120. The Hall–Kier alpha value is -3.02. The normalized spacial score (nSPS) is 25.9. The Morgan fingerprint density at radius 3 is 1.85 bits per heavy atom. The maximum absolute atomic E-state index is 13.8.